The number of benzene rings is 3. The standard InChI is InChI=1S/C24H27FN2O2.C22H32N2O2/c25-20-9-7-18(8-10-20)16-27-17-22(21-4-1-2-5-23(21)27)19-11-14-26(15-12-19)13-3-6-24(28)29;1-2-3-6-14-24-17-20(19-8-4-5-9-21(19)24)18-11-15-23(16-12-18)13-7-10-22(25)26/h1-2,4-5,7-10,17,19H,3,6,11-16H2,(H,28,29);4-5,8-9,17-18H,2-3,6-7,10-16H2,1H3,(H,25,26). The number of rotatable bonds is 16. The van der Waals surface area contributed by atoms with Gasteiger partial charge in [-0.05, 0) is 137 Å². The highest BCUT2D eigenvalue weighted by molar-refractivity contribution is 5.85. The molecule has 2 N–H and O–H groups in total. The summed E-state index contributed by atoms with van der Waals surface area (Å²) in [5.41, 5.74) is 6.60. The minimum absolute atomic E-state index is 0.207. The molecule has 7 rings (SSSR count). The summed E-state index contributed by atoms with van der Waals surface area (Å²) in [5, 5.41) is 20.3. The maximum Gasteiger partial charge on any atom is 0.303 e. The number of piperidine rings is 2. The Labute approximate surface area is 325 Å². The Bertz CT molecular complexity index is 1970. The number of hydrogen-bond acceptors (Lipinski definition) is 4. The van der Waals surface area contributed by atoms with Gasteiger partial charge in [0.15, 0.2) is 0 Å². The minimum Gasteiger partial charge on any atom is -0.481 e. The average molecular weight is 751 g/mol. The number of para-hydroxylation sites is 2. The van der Waals surface area contributed by atoms with Crippen molar-refractivity contribution in [3.63, 3.8) is 0 Å². The zero-order valence-corrected chi connectivity index (χ0v) is 32.6. The molecule has 2 aliphatic heterocycles. The van der Waals surface area contributed by atoms with E-state index in [0.29, 0.717) is 11.8 Å². The Morgan fingerprint density at radius 2 is 1.09 bits per heavy atom. The lowest BCUT2D eigenvalue weighted by Gasteiger charge is -2.31. The van der Waals surface area contributed by atoms with Gasteiger partial charge in [0.05, 0.1) is 0 Å². The van der Waals surface area contributed by atoms with Gasteiger partial charge in [-0.25, -0.2) is 4.39 Å². The zero-order chi connectivity index (χ0) is 38.6. The summed E-state index contributed by atoms with van der Waals surface area (Å²) in [7, 11) is 0. The van der Waals surface area contributed by atoms with E-state index in [9.17, 15) is 14.0 Å². The third-order valence-electron chi connectivity index (χ3n) is 11.7. The number of aromatic nitrogens is 2. The fraction of sp³-hybridized carbons (Fsp3) is 0.478. The van der Waals surface area contributed by atoms with Gasteiger partial charge in [-0.2, -0.15) is 0 Å². The van der Waals surface area contributed by atoms with Gasteiger partial charge in [-0.1, -0.05) is 68.3 Å². The predicted molar refractivity (Wildman–Crippen MR) is 219 cm³/mol. The maximum atomic E-state index is 13.2. The van der Waals surface area contributed by atoms with Crippen LogP contribution in [0.25, 0.3) is 21.8 Å². The minimum atomic E-state index is -0.714. The maximum absolute atomic E-state index is 13.2. The average Bonchev–Trinajstić information content (AvgIpc) is 3.75. The molecule has 0 aliphatic carbocycles. The van der Waals surface area contributed by atoms with Crippen molar-refractivity contribution >= 4 is 33.7 Å². The first-order chi connectivity index (χ1) is 26.8. The van der Waals surface area contributed by atoms with Crippen molar-refractivity contribution in [2.75, 3.05) is 39.3 Å². The fourth-order valence-corrected chi connectivity index (χ4v) is 8.68. The van der Waals surface area contributed by atoms with Gasteiger partial charge in [0.1, 0.15) is 5.82 Å². The highest BCUT2D eigenvalue weighted by Gasteiger charge is 2.25. The molecule has 3 aromatic carbocycles. The molecule has 0 radical (unpaired) electrons. The number of carboxylic acid groups (broad SMARTS) is 2. The molecule has 8 nitrogen and oxygen atoms in total. The van der Waals surface area contributed by atoms with Crippen LogP contribution in [-0.2, 0) is 22.7 Å². The van der Waals surface area contributed by atoms with Crippen molar-refractivity contribution in [2.45, 2.75) is 102 Å². The smallest absolute Gasteiger partial charge is 0.303 e. The van der Waals surface area contributed by atoms with Crippen molar-refractivity contribution in [2.24, 2.45) is 0 Å². The van der Waals surface area contributed by atoms with Crippen LogP contribution in [-0.4, -0.2) is 80.4 Å². The first-order valence-corrected chi connectivity index (χ1v) is 20.6. The van der Waals surface area contributed by atoms with Crippen molar-refractivity contribution in [3.05, 3.63) is 108 Å². The molecule has 0 amide bonds. The number of halogens is 1. The second-order valence-electron chi connectivity index (χ2n) is 15.6. The Balaban J connectivity index is 0.000000188. The van der Waals surface area contributed by atoms with Gasteiger partial charge in [-0.15, -0.1) is 0 Å². The Hall–Kier alpha value is -4.47. The normalized spacial score (nSPS) is 16.0. The Morgan fingerprint density at radius 1 is 0.618 bits per heavy atom. The van der Waals surface area contributed by atoms with Crippen LogP contribution in [0.5, 0.6) is 0 Å². The quantitative estimate of drug-likeness (QED) is 0.0977. The Morgan fingerprint density at radius 3 is 1.58 bits per heavy atom. The lowest BCUT2D eigenvalue weighted by atomic mass is 9.89. The summed E-state index contributed by atoms with van der Waals surface area (Å²) in [6.45, 7) is 10.1. The molecule has 2 aromatic heterocycles. The predicted octanol–water partition coefficient (Wildman–Crippen LogP) is 9.75. The third kappa shape index (κ3) is 11.1. The number of hydrogen-bond donors (Lipinski definition) is 2. The second kappa shape index (κ2) is 19.9. The molecule has 2 saturated heterocycles. The van der Waals surface area contributed by atoms with Gasteiger partial charge < -0.3 is 29.1 Å². The first-order valence-electron chi connectivity index (χ1n) is 20.6. The molecule has 294 valence electrons. The number of unbranched alkanes of at least 4 members (excludes halogenated alkanes) is 2. The molecule has 5 aromatic rings. The molecule has 0 unspecified atom stereocenters. The monoisotopic (exact) mass is 750 g/mol. The third-order valence-corrected chi connectivity index (χ3v) is 11.7. The van der Waals surface area contributed by atoms with E-state index in [4.69, 9.17) is 10.2 Å². The zero-order valence-electron chi connectivity index (χ0n) is 32.6. The van der Waals surface area contributed by atoms with Crippen LogP contribution in [0.4, 0.5) is 4.39 Å². The summed E-state index contributed by atoms with van der Waals surface area (Å²) in [4.78, 5) is 26.2. The van der Waals surface area contributed by atoms with Crippen molar-refractivity contribution < 1.29 is 24.2 Å². The lowest BCUT2D eigenvalue weighted by Crippen LogP contribution is -2.33. The van der Waals surface area contributed by atoms with Crippen molar-refractivity contribution in [3.8, 4) is 0 Å². The highest BCUT2D eigenvalue weighted by Crippen LogP contribution is 2.36. The van der Waals surface area contributed by atoms with Crippen molar-refractivity contribution in [1.29, 1.82) is 0 Å². The first kappa shape index (κ1) is 40.2. The molecule has 0 atom stereocenters. The van der Waals surface area contributed by atoms with Crippen LogP contribution in [0.15, 0.2) is 85.2 Å². The van der Waals surface area contributed by atoms with E-state index in [1.807, 2.05) is 12.1 Å². The van der Waals surface area contributed by atoms with Crippen LogP contribution in [0.2, 0.25) is 0 Å². The lowest BCUT2D eigenvalue weighted by molar-refractivity contribution is -0.138. The van der Waals surface area contributed by atoms with Crippen LogP contribution in [0.3, 0.4) is 0 Å². The second-order valence-corrected chi connectivity index (χ2v) is 15.6. The topological polar surface area (TPSA) is 90.9 Å². The number of carboxylic acids is 2. The summed E-state index contributed by atoms with van der Waals surface area (Å²) in [6, 6.07) is 24.1. The van der Waals surface area contributed by atoms with E-state index in [1.54, 1.807) is 0 Å². The van der Waals surface area contributed by atoms with Gasteiger partial charge in [0.2, 0.25) is 0 Å². The van der Waals surface area contributed by atoms with Crippen LogP contribution in [0, 0.1) is 5.82 Å². The Kier molecular flexibility index (Phi) is 14.6. The number of fused-ring (bicyclic) bond motifs is 2. The van der Waals surface area contributed by atoms with E-state index in [1.165, 1.54) is 77.2 Å². The molecule has 9 heteroatoms. The molecule has 2 aliphatic rings. The summed E-state index contributed by atoms with van der Waals surface area (Å²) >= 11 is 0. The molecule has 0 bridgehead atoms. The van der Waals surface area contributed by atoms with E-state index in [2.05, 4.69) is 86.8 Å². The number of aryl methyl sites for hydroxylation is 1. The summed E-state index contributed by atoms with van der Waals surface area (Å²) in [6.07, 6.45) is 15.0. The van der Waals surface area contributed by atoms with E-state index < -0.39 is 11.9 Å². The highest BCUT2D eigenvalue weighted by atomic mass is 19.1. The van der Waals surface area contributed by atoms with Gasteiger partial charge in [0.25, 0.3) is 0 Å². The number of carbonyl (C=O) groups is 2. The summed E-state index contributed by atoms with van der Waals surface area (Å²) in [5.74, 6) is -0.459. The molecule has 0 spiro atoms. The molecule has 4 heterocycles. The molecular weight excluding hydrogens is 692 g/mol. The van der Waals surface area contributed by atoms with Gasteiger partial charge in [0, 0.05) is 60.1 Å². The number of likely N-dealkylation sites (tertiary alicyclic amines) is 2. The molecule has 0 saturated carbocycles. The summed E-state index contributed by atoms with van der Waals surface area (Å²) < 4.78 is 18.0. The number of nitrogens with zero attached hydrogens (tertiary/aromatic N) is 4. The van der Waals surface area contributed by atoms with Crippen LogP contribution in [0.1, 0.15) is 106 Å². The molecule has 55 heavy (non-hydrogen) atoms. The van der Waals surface area contributed by atoms with Gasteiger partial charge in [-0.3, -0.25) is 9.59 Å². The van der Waals surface area contributed by atoms with E-state index >= 15 is 0 Å². The van der Waals surface area contributed by atoms with E-state index in [0.717, 1.165) is 83.6 Å². The largest absolute Gasteiger partial charge is 0.481 e. The molecular formula is C46H59FN4O4. The van der Waals surface area contributed by atoms with Crippen molar-refractivity contribution in [1.82, 2.24) is 18.9 Å². The van der Waals surface area contributed by atoms with Gasteiger partial charge >= 0.3 is 11.9 Å². The fourth-order valence-electron chi connectivity index (χ4n) is 8.68. The van der Waals surface area contributed by atoms with E-state index in [-0.39, 0.29) is 18.7 Å². The number of aliphatic carboxylic acids is 2. The molecule has 2 fully saturated rings. The SMILES string of the molecule is CCCCCn1cc(C2CCN(CCCC(=O)O)CC2)c2ccccc21.O=C(O)CCCN1CCC(c2cn(Cc3ccc(F)cc3)c3ccccc23)CC1. The van der Waals surface area contributed by atoms with Crippen LogP contribution >= 0.6 is 0 Å². The van der Waals surface area contributed by atoms with Crippen LogP contribution < -0.4 is 0 Å².